The zero-order chi connectivity index (χ0) is 11.8. The molecule has 0 aromatic carbocycles. The van der Waals surface area contributed by atoms with E-state index in [2.05, 4.69) is 0 Å². The monoisotopic (exact) mass is 227 g/mol. The minimum absolute atomic E-state index is 0.466. The van der Waals surface area contributed by atoms with Crippen molar-refractivity contribution in [2.24, 2.45) is 0 Å². The molecule has 0 amide bonds. The largest absolute Gasteiger partial charge is 0.619 e. The summed E-state index contributed by atoms with van der Waals surface area (Å²) in [4.78, 5) is 0. The second kappa shape index (κ2) is 7.03. The molecule has 0 saturated carbocycles. The summed E-state index contributed by atoms with van der Waals surface area (Å²) >= 11 is 0. The molecule has 1 heterocycles. The van der Waals surface area contributed by atoms with Gasteiger partial charge in [0.2, 0.25) is 0 Å². The van der Waals surface area contributed by atoms with Gasteiger partial charge in [0, 0.05) is 13.2 Å². The Morgan fingerprint density at radius 1 is 1.25 bits per heavy atom. The number of nitrogens with zero attached hydrogens (tertiary/aromatic N) is 1. The molecule has 5 nitrogen and oxygen atoms in total. The van der Waals surface area contributed by atoms with Crippen molar-refractivity contribution in [2.75, 3.05) is 33.5 Å². The smallest absolute Gasteiger partial charge is 0.186 e. The van der Waals surface area contributed by atoms with Crippen LogP contribution < -0.4 is 9.47 Å². The van der Waals surface area contributed by atoms with Crippen molar-refractivity contribution in [2.45, 2.75) is 6.92 Å². The van der Waals surface area contributed by atoms with Crippen molar-refractivity contribution < 1.29 is 18.9 Å². The van der Waals surface area contributed by atoms with Crippen molar-refractivity contribution >= 4 is 0 Å². The lowest BCUT2D eigenvalue weighted by Gasteiger charge is -2.08. The minimum atomic E-state index is 0.466. The van der Waals surface area contributed by atoms with E-state index in [0.29, 0.717) is 32.2 Å². The third kappa shape index (κ3) is 4.46. The maximum absolute atomic E-state index is 10.9. The molecule has 1 rings (SSSR count). The summed E-state index contributed by atoms with van der Waals surface area (Å²) in [7, 11) is 1.63. The lowest BCUT2D eigenvalue weighted by molar-refractivity contribution is -0.605. The average molecular weight is 227 g/mol. The summed E-state index contributed by atoms with van der Waals surface area (Å²) in [5, 5.41) is 10.9. The van der Waals surface area contributed by atoms with Gasteiger partial charge in [-0.15, -0.1) is 0 Å². The average Bonchev–Trinajstić information content (AvgIpc) is 2.26. The summed E-state index contributed by atoms with van der Waals surface area (Å²) in [6.45, 7) is 3.95. The van der Waals surface area contributed by atoms with Crippen molar-refractivity contribution in [3.8, 4) is 5.75 Å². The number of hydrogen-bond donors (Lipinski definition) is 0. The minimum Gasteiger partial charge on any atom is -0.619 e. The number of aromatic nitrogens is 1. The van der Waals surface area contributed by atoms with Gasteiger partial charge in [-0.05, 0) is 6.92 Å². The lowest BCUT2D eigenvalue weighted by atomic mass is 10.3. The zero-order valence-corrected chi connectivity index (χ0v) is 9.64. The quantitative estimate of drug-likeness (QED) is 0.390. The van der Waals surface area contributed by atoms with E-state index in [9.17, 15) is 5.21 Å². The molecular formula is C11H17NO4. The molecule has 0 aliphatic rings. The van der Waals surface area contributed by atoms with Crippen molar-refractivity contribution in [3.63, 3.8) is 0 Å². The summed E-state index contributed by atoms with van der Waals surface area (Å²) in [6, 6.07) is 1.65. The van der Waals surface area contributed by atoms with Gasteiger partial charge in [-0.2, -0.15) is 4.73 Å². The lowest BCUT2D eigenvalue weighted by Crippen LogP contribution is -2.25. The van der Waals surface area contributed by atoms with Crippen LogP contribution in [0.25, 0.3) is 0 Å². The van der Waals surface area contributed by atoms with Crippen LogP contribution in [0.4, 0.5) is 0 Å². The SMILES string of the molecule is COCCOCCOc1cc[n+]([O-])cc1C. The Balaban J connectivity index is 2.21. The molecule has 0 aliphatic carbocycles. The van der Waals surface area contributed by atoms with Crippen molar-refractivity contribution in [3.05, 3.63) is 29.2 Å². The van der Waals surface area contributed by atoms with E-state index >= 15 is 0 Å². The fraction of sp³-hybridized carbons (Fsp3) is 0.545. The molecule has 1 aromatic heterocycles. The van der Waals surface area contributed by atoms with E-state index in [1.54, 1.807) is 13.2 Å². The molecule has 0 aliphatic heterocycles. The van der Waals surface area contributed by atoms with Gasteiger partial charge in [-0.3, -0.25) is 0 Å². The van der Waals surface area contributed by atoms with Crippen LogP contribution in [0, 0.1) is 12.1 Å². The summed E-state index contributed by atoms with van der Waals surface area (Å²) in [5.74, 6) is 0.711. The Bertz CT molecular complexity index is 317. The van der Waals surface area contributed by atoms with Crippen LogP contribution in [-0.2, 0) is 9.47 Å². The van der Waals surface area contributed by atoms with Crippen molar-refractivity contribution in [1.29, 1.82) is 0 Å². The van der Waals surface area contributed by atoms with E-state index in [1.165, 1.54) is 12.4 Å². The Morgan fingerprint density at radius 2 is 2.00 bits per heavy atom. The van der Waals surface area contributed by atoms with Gasteiger partial charge in [-0.1, -0.05) is 0 Å². The van der Waals surface area contributed by atoms with Crippen LogP contribution in [0.15, 0.2) is 18.5 Å². The van der Waals surface area contributed by atoms with E-state index in [1.807, 2.05) is 6.92 Å². The van der Waals surface area contributed by atoms with Gasteiger partial charge in [-0.25, -0.2) is 0 Å². The summed E-state index contributed by atoms with van der Waals surface area (Å²) < 4.78 is 16.3. The predicted molar refractivity (Wildman–Crippen MR) is 58.3 cm³/mol. The highest BCUT2D eigenvalue weighted by Gasteiger charge is 2.02. The Labute approximate surface area is 95.1 Å². The Kier molecular flexibility index (Phi) is 5.60. The van der Waals surface area contributed by atoms with E-state index in [0.717, 1.165) is 10.3 Å². The molecule has 0 atom stereocenters. The molecular weight excluding hydrogens is 210 g/mol. The molecule has 1 aromatic rings. The maximum Gasteiger partial charge on any atom is 0.186 e. The fourth-order valence-electron chi connectivity index (χ4n) is 1.19. The summed E-state index contributed by atoms with van der Waals surface area (Å²) in [6.07, 6.45) is 2.88. The van der Waals surface area contributed by atoms with E-state index < -0.39 is 0 Å². The Hall–Kier alpha value is -1.33. The summed E-state index contributed by atoms with van der Waals surface area (Å²) in [5.41, 5.74) is 0.814. The third-order valence-corrected chi connectivity index (χ3v) is 2.00. The van der Waals surface area contributed by atoms with Crippen LogP contribution in [-0.4, -0.2) is 33.5 Å². The first-order chi connectivity index (χ1) is 7.74. The maximum atomic E-state index is 10.9. The topological polar surface area (TPSA) is 54.6 Å². The molecule has 0 saturated heterocycles. The van der Waals surface area contributed by atoms with Crippen LogP contribution in [0.1, 0.15) is 5.56 Å². The highest BCUT2D eigenvalue weighted by molar-refractivity contribution is 5.26. The first kappa shape index (κ1) is 12.7. The van der Waals surface area contributed by atoms with E-state index in [4.69, 9.17) is 14.2 Å². The molecule has 0 unspecified atom stereocenters. The molecule has 0 N–H and O–H groups in total. The predicted octanol–water partition coefficient (Wildman–Crippen LogP) is 0.670. The molecule has 0 fully saturated rings. The first-order valence-electron chi connectivity index (χ1n) is 5.13. The van der Waals surface area contributed by atoms with Crippen LogP contribution in [0.2, 0.25) is 0 Å². The van der Waals surface area contributed by atoms with Gasteiger partial charge in [0.25, 0.3) is 0 Å². The van der Waals surface area contributed by atoms with Gasteiger partial charge >= 0.3 is 0 Å². The first-order valence-corrected chi connectivity index (χ1v) is 5.13. The number of methoxy groups -OCH3 is 1. The molecule has 16 heavy (non-hydrogen) atoms. The molecule has 0 bridgehead atoms. The number of hydrogen-bond acceptors (Lipinski definition) is 4. The van der Waals surface area contributed by atoms with Gasteiger partial charge in [0.15, 0.2) is 12.4 Å². The van der Waals surface area contributed by atoms with Gasteiger partial charge < -0.3 is 19.4 Å². The van der Waals surface area contributed by atoms with Gasteiger partial charge in [0.1, 0.15) is 12.4 Å². The fourth-order valence-corrected chi connectivity index (χ4v) is 1.19. The van der Waals surface area contributed by atoms with Crippen molar-refractivity contribution in [1.82, 2.24) is 0 Å². The van der Waals surface area contributed by atoms with Gasteiger partial charge in [0.05, 0.1) is 25.4 Å². The molecule has 0 spiro atoms. The second-order valence-corrected chi connectivity index (χ2v) is 3.31. The number of ether oxygens (including phenoxy) is 3. The van der Waals surface area contributed by atoms with E-state index in [-0.39, 0.29) is 0 Å². The third-order valence-electron chi connectivity index (χ3n) is 2.00. The normalized spacial score (nSPS) is 10.4. The van der Waals surface area contributed by atoms with Crippen LogP contribution in [0.5, 0.6) is 5.75 Å². The standard InChI is InChI=1S/C11H17NO4/c1-10-9-12(13)4-3-11(10)16-8-7-15-6-5-14-2/h3-4,9H,5-8H2,1-2H3. The second-order valence-electron chi connectivity index (χ2n) is 3.31. The zero-order valence-electron chi connectivity index (χ0n) is 9.64. The highest BCUT2D eigenvalue weighted by atomic mass is 16.5. The van der Waals surface area contributed by atoms with Crippen LogP contribution in [0.3, 0.4) is 0 Å². The Morgan fingerprint density at radius 3 is 2.69 bits per heavy atom. The number of rotatable bonds is 7. The number of aryl methyl sites for hydroxylation is 1. The highest BCUT2D eigenvalue weighted by Crippen LogP contribution is 2.13. The molecule has 0 radical (unpaired) electrons. The van der Waals surface area contributed by atoms with Crippen LogP contribution >= 0.6 is 0 Å². The number of pyridine rings is 1. The molecule has 90 valence electrons. The molecule has 5 heteroatoms.